The molecule has 1 aromatic heterocycles. The average molecular weight is 300 g/mol. The van der Waals surface area contributed by atoms with Gasteiger partial charge in [0.15, 0.2) is 5.16 Å². The Labute approximate surface area is 105 Å². The lowest BCUT2D eigenvalue weighted by Gasteiger charge is -2.08. The Morgan fingerprint density at radius 3 is 3.06 bits per heavy atom. The van der Waals surface area contributed by atoms with Gasteiger partial charge in [0.1, 0.15) is 0 Å². The summed E-state index contributed by atoms with van der Waals surface area (Å²) in [7, 11) is 0. The van der Waals surface area contributed by atoms with Crippen molar-refractivity contribution in [1.29, 1.82) is 0 Å². The van der Waals surface area contributed by atoms with Gasteiger partial charge >= 0.3 is 0 Å². The van der Waals surface area contributed by atoms with E-state index >= 15 is 0 Å². The van der Waals surface area contributed by atoms with E-state index in [2.05, 4.69) is 25.9 Å². The van der Waals surface area contributed by atoms with Crippen LogP contribution in [0.5, 0.6) is 0 Å². The number of carboxylic acids is 1. The number of carbonyl (C=O) groups excluding carboxylic acids is 1. The first-order chi connectivity index (χ1) is 7.56. The number of aromatic amines is 1. The van der Waals surface area contributed by atoms with Gasteiger partial charge in [0.2, 0.25) is 0 Å². The maximum atomic E-state index is 10.6. The molecule has 1 heterocycles. The molecule has 2 aromatic rings. The van der Waals surface area contributed by atoms with Crippen LogP contribution in [0, 0.1) is 0 Å². The Morgan fingerprint density at radius 1 is 1.62 bits per heavy atom. The SMILES string of the molecule is CC(Sc1nc2ccc(Br)cc2[nH]1)C(=O)[O-]. The summed E-state index contributed by atoms with van der Waals surface area (Å²) < 4.78 is 0.952. The third kappa shape index (κ3) is 2.38. The van der Waals surface area contributed by atoms with Crippen LogP contribution in [-0.2, 0) is 4.79 Å². The molecule has 0 radical (unpaired) electrons. The molecule has 0 saturated carbocycles. The van der Waals surface area contributed by atoms with Crippen LogP contribution in [0.2, 0.25) is 0 Å². The van der Waals surface area contributed by atoms with Crippen molar-refractivity contribution in [3.8, 4) is 0 Å². The summed E-state index contributed by atoms with van der Waals surface area (Å²) in [5, 5.41) is 10.6. The fraction of sp³-hybridized carbons (Fsp3) is 0.200. The number of thioether (sulfide) groups is 1. The van der Waals surface area contributed by atoms with Crippen LogP contribution >= 0.6 is 27.7 Å². The number of aliphatic carboxylic acids is 1. The van der Waals surface area contributed by atoms with Crippen LogP contribution in [0.25, 0.3) is 11.0 Å². The summed E-state index contributed by atoms with van der Waals surface area (Å²) in [6, 6.07) is 5.65. The fourth-order valence-electron chi connectivity index (χ4n) is 1.23. The molecule has 4 nitrogen and oxygen atoms in total. The van der Waals surface area contributed by atoms with E-state index in [-0.39, 0.29) is 0 Å². The smallest absolute Gasteiger partial charge is 0.166 e. The molecule has 0 bridgehead atoms. The topological polar surface area (TPSA) is 68.8 Å². The number of nitrogens with zero attached hydrogens (tertiary/aromatic N) is 1. The van der Waals surface area contributed by atoms with Gasteiger partial charge in [-0.3, -0.25) is 0 Å². The average Bonchev–Trinajstić information content (AvgIpc) is 2.58. The number of halogens is 1. The zero-order valence-electron chi connectivity index (χ0n) is 8.36. The molecule has 0 aliphatic heterocycles. The van der Waals surface area contributed by atoms with Crippen LogP contribution in [0.15, 0.2) is 27.8 Å². The number of benzene rings is 1. The third-order valence-electron chi connectivity index (χ3n) is 2.04. The van der Waals surface area contributed by atoms with Gasteiger partial charge in [-0.2, -0.15) is 0 Å². The zero-order valence-corrected chi connectivity index (χ0v) is 10.8. The Bertz CT molecular complexity index is 541. The molecule has 0 aliphatic carbocycles. The quantitative estimate of drug-likeness (QED) is 0.873. The van der Waals surface area contributed by atoms with Crippen molar-refractivity contribution in [1.82, 2.24) is 9.97 Å². The zero-order chi connectivity index (χ0) is 11.7. The molecular weight excluding hydrogens is 292 g/mol. The van der Waals surface area contributed by atoms with Gasteiger partial charge in [0.05, 0.1) is 17.0 Å². The van der Waals surface area contributed by atoms with E-state index in [1.807, 2.05) is 18.2 Å². The number of aromatic nitrogens is 2. The van der Waals surface area contributed by atoms with Crippen molar-refractivity contribution >= 4 is 44.7 Å². The highest BCUT2D eigenvalue weighted by Gasteiger charge is 2.09. The van der Waals surface area contributed by atoms with Crippen molar-refractivity contribution in [2.75, 3.05) is 0 Å². The number of rotatable bonds is 3. The highest BCUT2D eigenvalue weighted by Crippen LogP contribution is 2.24. The first kappa shape index (κ1) is 11.5. The van der Waals surface area contributed by atoms with Crippen molar-refractivity contribution < 1.29 is 9.90 Å². The van der Waals surface area contributed by atoms with E-state index in [9.17, 15) is 9.90 Å². The van der Waals surface area contributed by atoms with Crippen LogP contribution in [0.3, 0.4) is 0 Å². The van der Waals surface area contributed by atoms with Crippen molar-refractivity contribution in [3.05, 3.63) is 22.7 Å². The molecule has 0 saturated heterocycles. The summed E-state index contributed by atoms with van der Waals surface area (Å²) in [5.41, 5.74) is 1.69. The summed E-state index contributed by atoms with van der Waals surface area (Å²) in [5.74, 6) is -1.09. The highest BCUT2D eigenvalue weighted by molar-refractivity contribution is 9.10. The number of carbonyl (C=O) groups is 1. The van der Waals surface area contributed by atoms with Gasteiger partial charge in [-0.05, 0) is 25.1 Å². The number of hydrogen-bond donors (Lipinski definition) is 1. The summed E-state index contributed by atoms with van der Waals surface area (Å²) in [4.78, 5) is 17.9. The summed E-state index contributed by atoms with van der Waals surface area (Å²) in [6.07, 6.45) is 0. The molecule has 0 fully saturated rings. The second kappa shape index (κ2) is 4.47. The Morgan fingerprint density at radius 2 is 2.38 bits per heavy atom. The minimum atomic E-state index is -1.09. The van der Waals surface area contributed by atoms with Crippen molar-refractivity contribution in [3.63, 3.8) is 0 Å². The lowest BCUT2D eigenvalue weighted by atomic mass is 10.3. The van der Waals surface area contributed by atoms with Crippen LogP contribution in [0.4, 0.5) is 0 Å². The number of carboxylic acid groups (broad SMARTS) is 1. The maximum absolute atomic E-state index is 10.6. The Balaban J connectivity index is 2.29. The normalized spacial score (nSPS) is 12.9. The van der Waals surface area contributed by atoms with E-state index in [4.69, 9.17) is 0 Å². The fourth-order valence-corrected chi connectivity index (χ4v) is 2.34. The predicted molar refractivity (Wildman–Crippen MR) is 64.1 cm³/mol. The molecule has 84 valence electrons. The van der Waals surface area contributed by atoms with E-state index < -0.39 is 11.2 Å². The number of imidazole rings is 1. The van der Waals surface area contributed by atoms with Crippen LogP contribution in [-0.4, -0.2) is 21.2 Å². The number of hydrogen-bond acceptors (Lipinski definition) is 4. The number of H-pyrrole nitrogens is 1. The molecule has 6 heteroatoms. The van der Waals surface area contributed by atoms with E-state index in [1.165, 1.54) is 0 Å². The van der Waals surface area contributed by atoms with E-state index in [0.29, 0.717) is 5.16 Å². The Kier molecular flexibility index (Phi) is 3.20. The molecule has 0 aliphatic rings. The molecule has 1 N–H and O–H groups in total. The summed E-state index contributed by atoms with van der Waals surface area (Å²) in [6.45, 7) is 1.57. The van der Waals surface area contributed by atoms with Crippen molar-refractivity contribution in [2.45, 2.75) is 17.3 Å². The molecule has 1 unspecified atom stereocenters. The predicted octanol–water partition coefficient (Wildman–Crippen LogP) is 1.56. The summed E-state index contributed by atoms with van der Waals surface area (Å²) >= 11 is 4.50. The second-order valence-electron chi connectivity index (χ2n) is 3.28. The lowest BCUT2D eigenvalue weighted by Crippen LogP contribution is -2.31. The van der Waals surface area contributed by atoms with Gasteiger partial charge in [0.25, 0.3) is 0 Å². The molecule has 0 spiro atoms. The molecule has 2 rings (SSSR count). The maximum Gasteiger partial charge on any atom is 0.166 e. The van der Waals surface area contributed by atoms with E-state index in [0.717, 1.165) is 27.3 Å². The first-order valence-corrected chi connectivity index (χ1v) is 6.26. The minimum Gasteiger partial charge on any atom is -0.549 e. The second-order valence-corrected chi connectivity index (χ2v) is 5.53. The molecule has 1 atom stereocenters. The standard InChI is InChI=1S/C10H9BrN2O2S/c1-5(9(14)15)16-10-12-7-3-2-6(11)4-8(7)13-10/h2-5H,1H3,(H,12,13)(H,14,15)/p-1. The lowest BCUT2D eigenvalue weighted by molar-refractivity contribution is -0.304. The largest absolute Gasteiger partial charge is 0.549 e. The monoisotopic (exact) mass is 299 g/mol. The molecule has 1 aromatic carbocycles. The van der Waals surface area contributed by atoms with Gasteiger partial charge in [-0.15, -0.1) is 0 Å². The Hall–Kier alpha value is -1.01. The van der Waals surface area contributed by atoms with Crippen molar-refractivity contribution in [2.24, 2.45) is 0 Å². The van der Waals surface area contributed by atoms with Crippen LogP contribution < -0.4 is 5.11 Å². The van der Waals surface area contributed by atoms with Crippen LogP contribution in [0.1, 0.15) is 6.92 Å². The third-order valence-corrected chi connectivity index (χ3v) is 3.50. The van der Waals surface area contributed by atoms with E-state index in [1.54, 1.807) is 6.92 Å². The van der Waals surface area contributed by atoms with Gasteiger partial charge in [0, 0.05) is 9.72 Å². The van der Waals surface area contributed by atoms with Gasteiger partial charge < -0.3 is 14.9 Å². The highest BCUT2D eigenvalue weighted by atomic mass is 79.9. The van der Waals surface area contributed by atoms with Gasteiger partial charge in [-0.25, -0.2) is 4.98 Å². The number of nitrogens with one attached hydrogen (secondary N) is 1. The molecule has 16 heavy (non-hydrogen) atoms. The molecule has 0 amide bonds. The first-order valence-electron chi connectivity index (χ1n) is 4.59. The minimum absolute atomic E-state index is 0.588. The number of fused-ring (bicyclic) bond motifs is 1. The molecular formula is C10H8BrN2O2S-. The van der Waals surface area contributed by atoms with Gasteiger partial charge in [-0.1, -0.05) is 27.7 Å².